The third-order valence-corrected chi connectivity index (χ3v) is 5.49. The first-order chi connectivity index (χ1) is 14.8. The van der Waals surface area contributed by atoms with E-state index >= 15 is 0 Å². The van der Waals surface area contributed by atoms with Gasteiger partial charge in [-0.05, 0) is 68.8 Å². The summed E-state index contributed by atoms with van der Waals surface area (Å²) in [6.45, 7) is 7.77. The number of rotatable bonds is 4. The zero-order valence-corrected chi connectivity index (χ0v) is 18.7. The molecule has 0 bridgehead atoms. The number of carbonyl (C=O) groups excluding carboxylic acids is 1. The molecule has 0 unspecified atom stereocenters. The Labute approximate surface area is 186 Å². The third kappa shape index (κ3) is 5.07. The number of fused-ring (bicyclic) bond motifs is 1. The molecule has 0 atom stereocenters. The fourth-order valence-corrected chi connectivity index (χ4v) is 3.95. The van der Waals surface area contributed by atoms with Gasteiger partial charge in [0.2, 0.25) is 5.28 Å². The lowest BCUT2D eigenvalue weighted by Crippen LogP contribution is -2.42. The van der Waals surface area contributed by atoms with Gasteiger partial charge in [0.1, 0.15) is 17.1 Å². The second-order valence-corrected chi connectivity index (χ2v) is 9.13. The molecule has 9 heteroatoms. The quantitative estimate of drug-likeness (QED) is 0.567. The molecule has 3 aromatic heterocycles. The smallest absolute Gasteiger partial charge is 0.410 e. The number of hydrogen-bond donors (Lipinski definition) is 2. The molecule has 1 fully saturated rings. The van der Waals surface area contributed by atoms with Gasteiger partial charge in [-0.2, -0.15) is 4.98 Å². The Balaban J connectivity index is 1.44. The van der Waals surface area contributed by atoms with E-state index in [1.54, 1.807) is 17.3 Å². The molecule has 1 saturated heterocycles. The van der Waals surface area contributed by atoms with Crippen molar-refractivity contribution in [2.75, 3.05) is 25.0 Å². The minimum atomic E-state index is -0.476. The lowest BCUT2D eigenvalue weighted by atomic mass is 9.97. The maximum absolute atomic E-state index is 12.3. The molecule has 1 aliphatic heterocycles. The van der Waals surface area contributed by atoms with Crippen molar-refractivity contribution in [3.8, 4) is 11.1 Å². The Hall–Kier alpha value is -2.87. The van der Waals surface area contributed by atoms with Crippen molar-refractivity contribution in [2.45, 2.75) is 39.2 Å². The summed E-state index contributed by atoms with van der Waals surface area (Å²) < 4.78 is 5.48. The van der Waals surface area contributed by atoms with Crippen LogP contribution >= 0.6 is 11.6 Å². The van der Waals surface area contributed by atoms with Crippen LogP contribution in [0.5, 0.6) is 0 Å². The second-order valence-electron chi connectivity index (χ2n) is 8.79. The number of amides is 1. The fourth-order valence-electron chi connectivity index (χ4n) is 3.78. The Morgan fingerprint density at radius 1 is 1.26 bits per heavy atom. The van der Waals surface area contributed by atoms with Crippen LogP contribution < -0.4 is 5.32 Å². The molecule has 1 aliphatic rings. The Morgan fingerprint density at radius 3 is 2.65 bits per heavy atom. The monoisotopic (exact) mass is 442 g/mol. The van der Waals surface area contributed by atoms with E-state index in [1.807, 2.05) is 39.1 Å². The predicted molar refractivity (Wildman–Crippen MR) is 121 cm³/mol. The average Bonchev–Trinajstić information content (AvgIpc) is 3.15. The third-order valence-electron chi connectivity index (χ3n) is 5.32. The van der Waals surface area contributed by atoms with Crippen LogP contribution in [0.15, 0.2) is 30.7 Å². The van der Waals surface area contributed by atoms with Crippen molar-refractivity contribution in [3.05, 3.63) is 36.0 Å². The van der Waals surface area contributed by atoms with Crippen molar-refractivity contribution >= 4 is 34.5 Å². The van der Waals surface area contributed by atoms with Gasteiger partial charge in [0, 0.05) is 43.8 Å². The van der Waals surface area contributed by atoms with Gasteiger partial charge in [-0.15, -0.1) is 0 Å². The number of H-pyrrole nitrogens is 1. The lowest BCUT2D eigenvalue weighted by molar-refractivity contribution is 0.0188. The van der Waals surface area contributed by atoms with Gasteiger partial charge in [-0.3, -0.25) is 4.98 Å². The molecule has 4 rings (SSSR count). The number of likely N-dealkylation sites (tertiary alicyclic amines) is 1. The summed E-state index contributed by atoms with van der Waals surface area (Å²) in [5.41, 5.74) is 2.24. The van der Waals surface area contributed by atoms with E-state index in [9.17, 15) is 4.79 Å². The van der Waals surface area contributed by atoms with E-state index in [1.165, 1.54) is 0 Å². The van der Waals surface area contributed by atoms with Crippen LogP contribution in [0.3, 0.4) is 0 Å². The number of halogens is 1. The highest BCUT2D eigenvalue weighted by molar-refractivity contribution is 6.29. The van der Waals surface area contributed by atoms with Crippen LogP contribution in [-0.2, 0) is 4.74 Å². The Morgan fingerprint density at radius 2 is 1.97 bits per heavy atom. The molecule has 3 aromatic rings. The standard InChI is InChI=1S/C22H27ClN6O2/c1-22(2,3)31-21(30)29-10-6-14(7-11-29)12-25-18-17-16(15-4-8-24-9-5-15)13-26-19(17)28-20(23)27-18/h4-5,8-9,13-14H,6-7,10-12H2,1-3H3,(H2,25,26,27,28). The minimum Gasteiger partial charge on any atom is -0.444 e. The summed E-state index contributed by atoms with van der Waals surface area (Å²) >= 11 is 6.16. The predicted octanol–water partition coefficient (Wildman–Crippen LogP) is 4.73. The first-order valence-corrected chi connectivity index (χ1v) is 10.8. The van der Waals surface area contributed by atoms with E-state index in [0.29, 0.717) is 30.5 Å². The Kier molecular flexibility index (Phi) is 6.00. The summed E-state index contributed by atoms with van der Waals surface area (Å²) in [5.74, 6) is 1.13. The zero-order valence-electron chi connectivity index (χ0n) is 18.0. The summed E-state index contributed by atoms with van der Waals surface area (Å²) in [7, 11) is 0. The summed E-state index contributed by atoms with van der Waals surface area (Å²) in [5, 5.41) is 4.57. The van der Waals surface area contributed by atoms with Crippen LogP contribution in [0.2, 0.25) is 5.28 Å². The number of piperidine rings is 1. The van der Waals surface area contributed by atoms with Crippen molar-refractivity contribution in [2.24, 2.45) is 5.92 Å². The van der Waals surface area contributed by atoms with Crippen molar-refractivity contribution in [1.82, 2.24) is 24.8 Å². The molecular formula is C22H27ClN6O2. The van der Waals surface area contributed by atoms with Crippen molar-refractivity contribution < 1.29 is 9.53 Å². The summed E-state index contributed by atoms with van der Waals surface area (Å²) in [6.07, 6.45) is 7.00. The highest BCUT2D eigenvalue weighted by atomic mass is 35.5. The van der Waals surface area contributed by atoms with Crippen LogP contribution in [-0.4, -0.2) is 56.2 Å². The molecule has 31 heavy (non-hydrogen) atoms. The molecule has 0 aliphatic carbocycles. The van der Waals surface area contributed by atoms with E-state index in [-0.39, 0.29) is 11.4 Å². The van der Waals surface area contributed by atoms with Crippen LogP contribution in [0, 0.1) is 5.92 Å². The number of nitrogens with one attached hydrogen (secondary N) is 2. The number of pyridine rings is 1. The number of aromatic nitrogens is 4. The Bertz CT molecular complexity index is 1060. The van der Waals surface area contributed by atoms with Gasteiger partial charge >= 0.3 is 6.09 Å². The zero-order chi connectivity index (χ0) is 22.0. The molecule has 164 valence electrons. The van der Waals surface area contributed by atoms with Gasteiger partial charge in [0.05, 0.1) is 5.39 Å². The van der Waals surface area contributed by atoms with E-state index in [0.717, 1.165) is 35.9 Å². The highest BCUT2D eigenvalue weighted by Gasteiger charge is 2.27. The molecule has 4 heterocycles. The maximum atomic E-state index is 12.3. The van der Waals surface area contributed by atoms with Crippen LogP contribution in [0.1, 0.15) is 33.6 Å². The van der Waals surface area contributed by atoms with Crippen molar-refractivity contribution in [1.29, 1.82) is 0 Å². The SMILES string of the molecule is CC(C)(C)OC(=O)N1CCC(CNc2nc(Cl)nc3[nH]cc(-c4ccncc4)c23)CC1. The topological polar surface area (TPSA) is 96.0 Å². The lowest BCUT2D eigenvalue weighted by Gasteiger charge is -2.33. The van der Waals surface area contributed by atoms with Crippen LogP contribution in [0.25, 0.3) is 22.2 Å². The van der Waals surface area contributed by atoms with Gasteiger partial charge < -0.3 is 19.9 Å². The molecule has 0 aromatic carbocycles. The molecular weight excluding hydrogens is 416 g/mol. The fraction of sp³-hybridized carbons (Fsp3) is 0.455. The first kappa shape index (κ1) is 21.4. The summed E-state index contributed by atoms with van der Waals surface area (Å²) in [4.78, 5) is 30.1. The number of hydrogen-bond acceptors (Lipinski definition) is 6. The largest absolute Gasteiger partial charge is 0.444 e. The van der Waals surface area contributed by atoms with Gasteiger partial charge in [-0.1, -0.05) is 0 Å². The average molecular weight is 443 g/mol. The van der Waals surface area contributed by atoms with E-state index in [4.69, 9.17) is 16.3 Å². The molecule has 0 spiro atoms. The van der Waals surface area contributed by atoms with Gasteiger partial charge in [0.15, 0.2) is 0 Å². The molecule has 0 saturated carbocycles. The normalized spacial score (nSPS) is 15.3. The van der Waals surface area contributed by atoms with Crippen molar-refractivity contribution in [3.63, 3.8) is 0 Å². The van der Waals surface area contributed by atoms with Gasteiger partial charge in [0.25, 0.3) is 0 Å². The number of nitrogens with zero attached hydrogens (tertiary/aromatic N) is 4. The second kappa shape index (κ2) is 8.70. The highest BCUT2D eigenvalue weighted by Crippen LogP contribution is 2.33. The number of ether oxygens (including phenoxy) is 1. The first-order valence-electron chi connectivity index (χ1n) is 10.5. The van der Waals surface area contributed by atoms with Gasteiger partial charge in [-0.25, -0.2) is 9.78 Å². The minimum absolute atomic E-state index is 0.192. The number of carbonyl (C=O) groups is 1. The number of anilines is 1. The summed E-state index contributed by atoms with van der Waals surface area (Å²) in [6, 6.07) is 3.90. The molecule has 8 nitrogen and oxygen atoms in total. The molecule has 2 N–H and O–H groups in total. The van der Waals surface area contributed by atoms with Crippen LogP contribution in [0.4, 0.5) is 10.6 Å². The molecule has 1 amide bonds. The van der Waals surface area contributed by atoms with E-state index in [2.05, 4.69) is 25.3 Å². The van der Waals surface area contributed by atoms with E-state index < -0.39 is 5.60 Å². The number of aromatic amines is 1. The maximum Gasteiger partial charge on any atom is 0.410 e. The molecule has 0 radical (unpaired) electrons.